The van der Waals surface area contributed by atoms with E-state index in [9.17, 15) is 8.78 Å². The summed E-state index contributed by atoms with van der Waals surface area (Å²) in [6.07, 6.45) is 0.0227. The van der Waals surface area contributed by atoms with Crippen LogP contribution in [0.3, 0.4) is 0 Å². The smallest absolute Gasteiger partial charge is 0.151 e. The summed E-state index contributed by atoms with van der Waals surface area (Å²) in [5, 5.41) is 11.8. The molecular formula is C10H14F2N2O. The highest BCUT2D eigenvalue weighted by Gasteiger charge is 2.07. The number of aliphatic hydroxyl groups excluding tert-OH is 1. The highest BCUT2D eigenvalue weighted by molar-refractivity contribution is 5.66. The van der Waals surface area contributed by atoms with Crippen molar-refractivity contribution in [1.29, 1.82) is 0 Å². The van der Waals surface area contributed by atoms with Crippen LogP contribution < -0.4 is 11.1 Å². The average Bonchev–Trinajstić information content (AvgIpc) is 2.12. The Hall–Kier alpha value is -1.36. The molecule has 15 heavy (non-hydrogen) atoms. The van der Waals surface area contributed by atoms with Crippen LogP contribution in [-0.4, -0.2) is 17.8 Å². The van der Waals surface area contributed by atoms with Crippen molar-refractivity contribution >= 4 is 11.4 Å². The van der Waals surface area contributed by atoms with Gasteiger partial charge in [-0.1, -0.05) is 0 Å². The first-order valence-electron chi connectivity index (χ1n) is 4.67. The van der Waals surface area contributed by atoms with Gasteiger partial charge in [-0.25, -0.2) is 8.78 Å². The minimum absolute atomic E-state index is 0.109. The highest BCUT2D eigenvalue weighted by atomic mass is 19.1. The van der Waals surface area contributed by atoms with E-state index >= 15 is 0 Å². The average molecular weight is 216 g/mol. The van der Waals surface area contributed by atoms with Gasteiger partial charge in [-0.2, -0.15) is 0 Å². The van der Waals surface area contributed by atoms with Crippen molar-refractivity contribution < 1.29 is 13.9 Å². The summed E-state index contributed by atoms with van der Waals surface area (Å²) >= 11 is 0. The number of rotatable bonds is 4. The van der Waals surface area contributed by atoms with Gasteiger partial charge >= 0.3 is 0 Å². The number of halogens is 2. The number of benzene rings is 1. The van der Waals surface area contributed by atoms with E-state index in [1.165, 1.54) is 0 Å². The van der Waals surface area contributed by atoms with Gasteiger partial charge in [-0.15, -0.1) is 0 Å². The first-order chi connectivity index (χ1) is 7.00. The Morgan fingerprint density at radius 1 is 1.47 bits per heavy atom. The zero-order chi connectivity index (χ0) is 11.4. The molecular weight excluding hydrogens is 202 g/mol. The summed E-state index contributed by atoms with van der Waals surface area (Å²) in [4.78, 5) is 0. The van der Waals surface area contributed by atoms with Crippen molar-refractivity contribution in [3.05, 3.63) is 23.8 Å². The fraction of sp³-hybridized carbons (Fsp3) is 0.400. The minimum Gasteiger partial charge on any atom is -0.395 e. The second-order valence-electron chi connectivity index (χ2n) is 3.41. The molecule has 0 aliphatic carbocycles. The number of hydrogen-bond acceptors (Lipinski definition) is 3. The van der Waals surface area contributed by atoms with Gasteiger partial charge in [0.2, 0.25) is 0 Å². The lowest BCUT2D eigenvalue weighted by molar-refractivity contribution is 0.189. The van der Waals surface area contributed by atoms with Crippen LogP contribution in [0.5, 0.6) is 0 Å². The summed E-state index contributed by atoms with van der Waals surface area (Å²) in [6.45, 7) is 2.04. The maximum Gasteiger partial charge on any atom is 0.151 e. The molecule has 1 unspecified atom stereocenters. The normalized spacial score (nSPS) is 12.5. The third-order valence-electron chi connectivity index (χ3n) is 1.97. The van der Waals surface area contributed by atoms with Crippen molar-refractivity contribution in [1.82, 2.24) is 0 Å². The zero-order valence-corrected chi connectivity index (χ0v) is 8.43. The van der Waals surface area contributed by atoms with Gasteiger partial charge in [-0.3, -0.25) is 0 Å². The maximum absolute atomic E-state index is 13.0. The molecule has 0 radical (unpaired) electrons. The Bertz CT molecular complexity index is 342. The molecule has 1 rings (SSSR count). The standard InChI is InChI=1S/C10H14F2N2O/c1-6(15)2-3-14-9-5-7(11)4-8(12)10(9)13/h4-6,14-15H,2-3,13H2,1H3. The summed E-state index contributed by atoms with van der Waals surface area (Å²) in [7, 11) is 0. The lowest BCUT2D eigenvalue weighted by Crippen LogP contribution is -2.11. The Balaban J connectivity index is 2.68. The fourth-order valence-electron chi connectivity index (χ4n) is 1.15. The third kappa shape index (κ3) is 3.36. The predicted octanol–water partition coefficient (Wildman–Crippen LogP) is 1.73. The predicted molar refractivity (Wildman–Crippen MR) is 55.6 cm³/mol. The van der Waals surface area contributed by atoms with E-state index in [-0.39, 0.29) is 11.4 Å². The number of aliphatic hydroxyl groups is 1. The number of anilines is 2. The van der Waals surface area contributed by atoms with Crippen molar-refractivity contribution in [3.8, 4) is 0 Å². The Morgan fingerprint density at radius 2 is 2.13 bits per heavy atom. The molecule has 5 heteroatoms. The van der Waals surface area contributed by atoms with Gasteiger partial charge in [0.15, 0.2) is 5.82 Å². The van der Waals surface area contributed by atoms with Gasteiger partial charge in [0.25, 0.3) is 0 Å². The second-order valence-corrected chi connectivity index (χ2v) is 3.41. The van der Waals surface area contributed by atoms with Crippen molar-refractivity contribution in [2.24, 2.45) is 0 Å². The molecule has 0 bridgehead atoms. The molecule has 84 valence electrons. The van der Waals surface area contributed by atoms with Crippen molar-refractivity contribution in [2.45, 2.75) is 19.4 Å². The molecule has 1 aromatic carbocycles. The molecule has 0 saturated carbocycles. The summed E-state index contributed by atoms with van der Waals surface area (Å²) in [6, 6.07) is 1.86. The number of nitrogen functional groups attached to an aromatic ring is 1. The molecule has 0 fully saturated rings. The van der Waals surface area contributed by atoms with E-state index in [0.29, 0.717) is 13.0 Å². The molecule has 0 heterocycles. The van der Waals surface area contributed by atoms with Crippen LogP contribution in [0.2, 0.25) is 0 Å². The Kier molecular flexibility index (Phi) is 3.85. The molecule has 0 spiro atoms. The summed E-state index contributed by atoms with van der Waals surface area (Å²) in [5.74, 6) is -1.46. The van der Waals surface area contributed by atoms with E-state index < -0.39 is 17.7 Å². The number of hydrogen-bond donors (Lipinski definition) is 3. The van der Waals surface area contributed by atoms with Crippen LogP contribution in [0, 0.1) is 11.6 Å². The molecule has 1 aromatic rings. The maximum atomic E-state index is 13.0. The SMILES string of the molecule is CC(O)CCNc1cc(F)cc(F)c1N. The van der Waals surface area contributed by atoms with Crippen molar-refractivity contribution in [2.75, 3.05) is 17.6 Å². The Labute approximate surface area is 86.9 Å². The van der Waals surface area contributed by atoms with Crippen molar-refractivity contribution in [3.63, 3.8) is 0 Å². The van der Waals surface area contributed by atoms with Gasteiger partial charge in [-0.05, 0) is 19.4 Å². The monoisotopic (exact) mass is 216 g/mol. The molecule has 0 saturated heterocycles. The van der Waals surface area contributed by atoms with Gasteiger partial charge in [0, 0.05) is 12.6 Å². The van der Waals surface area contributed by atoms with Crippen LogP contribution in [0.1, 0.15) is 13.3 Å². The van der Waals surface area contributed by atoms with E-state index in [1.807, 2.05) is 0 Å². The molecule has 0 amide bonds. The van der Waals surface area contributed by atoms with Gasteiger partial charge in [0.1, 0.15) is 5.82 Å². The molecule has 3 nitrogen and oxygen atoms in total. The summed E-state index contributed by atoms with van der Waals surface area (Å²) < 4.78 is 25.8. The van der Waals surface area contributed by atoms with Crippen LogP contribution >= 0.6 is 0 Å². The van der Waals surface area contributed by atoms with E-state index in [1.54, 1.807) is 6.92 Å². The second kappa shape index (κ2) is 4.93. The quantitative estimate of drug-likeness (QED) is 0.672. The molecule has 4 N–H and O–H groups in total. The lowest BCUT2D eigenvalue weighted by Gasteiger charge is -2.10. The van der Waals surface area contributed by atoms with E-state index in [0.717, 1.165) is 12.1 Å². The highest BCUT2D eigenvalue weighted by Crippen LogP contribution is 2.23. The zero-order valence-electron chi connectivity index (χ0n) is 8.43. The Morgan fingerprint density at radius 3 is 2.73 bits per heavy atom. The first-order valence-corrected chi connectivity index (χ1v) is 4.67. The third-order valence-corrected chi connectivity index (χ3v) is 1.97. The molecule has 0 aromatic heterocycles. The van der Waals surface area contributed by atoms with Gasteiger partial charge in [0.05, 0.1) is 17.5 Å². The first kappa shape index (κ1) is 11.7. The molecule has 1 atom stereocenters. The minimum atomic E-state index is -0.783. The van der Waals surface area contributed by atoms with Gasteiger partial charge < -0.3 is 16.2 Å². The number of nitrogens with two attached hydrogens (primary N) is 1. The largest absolute Gasteiger partial charge is 0.395 e. The van der Waals surface area contributed by atoms with Crippen LogP contribution in [0.25, 0.3) is 0 Å². The molecule has 0 aliphatic heterocycles. The van der Waals surface area contributed by atoms with Crippen LogP contribution in [0.15, 0.2) is 12.1 Å². The van der Waals surface area contributed by atoms with Crippen LogP contribution in [0.4, 0.5) is 20.2 Å². The topological polar surface area (TPSA) is 58.3 Å². The fourth-order valence-corrected chi connectivity index (χ4v) is 1.15. The van der Waals surface area contributed by atoms with Crippen LogP contribution in [-0.2, 0) is 0 Å². The van der Waals surface area contributed by atoms with E-state index in [2.05, 4.69) is 5.32 Å². The lowest BCUT2D eigenvalue weighted by atomic mass is 10.2. The van der Waals surface area contributed by atoms with E-state index in [4.69, 9.17) is 10.8 Å². The summed E-state index contributed by atoms with van der Waals surface area (Å²) in [5.41, 5.74) is 5.51. The molecule has 0 aliphatic rings. The number of nitrogens with one attached hydrogen (secondary N) is 1.